The second-order valence-corrected chi connectivity index (χ2v) is 6.44. The molecule has 0 spiro atoms. The van der Waals surface area contributed by atoms with Crippen molar-refractivity contribution in [2.24, 2.45) is 0 Å². The largest absolute Gasteiger partial charge is 0.495 e. The van der Waals surface area contributed by atoms with Gasteiger partial charge in [-0.3, -0.25) is 4.72 Å². The summed E-state index contributed by atoms with van der Waals surface area (Å²) < 4.78 is 32.1. The predicted molar refractivity (Wildman–Crippen MR) is 79.8 cm³/mol. The monoisotopic (exact) mass is 310 g/mol. The Balaban J connectivity index is 2.33. The van der Waals surface area contributed by atoms with Crippen molar-refractivity contribution in [3.05, 3.63) is 36.3 Å². The molecule has 0 atom stereocenters. The van der Waals surface area contributed by atoms with Crippen LogP contribution in [0, 0.1) is 0 Å². The highest BCUT2D eigenvalue weighted by Crippen LogP contribution is 2.28. The van der Waals surface area contributed by atoms with E-state index >= 15 is 0 Å². The number of aromatic nitrogens is 2. The van der Waals surface area contributed by atoms with Gasteiger partial charge in [-0.15, -0.1) is 0 Å². The highest BCUT2D eigenvalue weighted by atomic mass is 32.2. The van der Waals surface area contributed by atoms with E-state index in [0.717, 1.165) is 5.56 Å². The summed E-state index contributed by atoms with van der Waals surface area (Å²) >= 11 is 0. The average Bonchev–Trinajstić information content (AvgIpc) is 2.92. The highest BCUT2D eigenvalue weighted by Gasteiger charge is 2.18. The van der Waals surface area contributed by atoms with Crippen LogP contribution in [0.15, 0.2) is 35.7 Å². The van der Waals surface area contributed by atoms with Crippen LogP contribution in [-0.2, 0) is 16.6 Å². The molecule has 0 unspecified atom stereocenters. The van der Waals surface area contributed by atoms with Crippen LogP contribution in [0.25, 0.3) is 0 Å². The standard InChI is InChI=1S/C13H18N4O3S/c1-17(2)8-10-4-5-12(20-3)11(6-10)16-21(18,19)13-7-14-9-15-13/h4-7,9,16H,8H2,1-3H3,(H,14,15). The van der Waals surface area contributed by atoms with Gasteiger partial charge in [0, 0.05) is 6.54 Å². The normalized spacial score (nSPS) is 11.6. The van der Waals surface area contributed by atoms with Crippen LogP contribution >= 0.6 is 0 Å². The molecule has 0 bridgehead atoms. The van der Waals surface area contributed by atoms with Gasteiger partial charge in [-0.1, -0.05) is 6.07 Å². The molecule has 2 rings (SSSR count). The molecule has 0 saturated carbocycles. The van der Waals surface area contributed by atoms with Gasteiger partial charge in [0.05, 0.1) is 25.3 Å². The molecule has 1 heterocycles. The van der Waals surface area contributed by atoms with Crippen molar-refractivity contribution in [3.63, 3.8) is 0 Å². The van der Waals surface area contributed by atoms with E-state index in [0.29, 0.717) is 18.0 Å². The zero-order valence-corrected chi connectivity index (χ0v) is 12.9. The van der Waals surface area contributed by atoms with E-state index < -0.39 is 10.0 Å². The van der Waals surface area contributed by atoms with Crippen LogP contribution in [0.5, 0.6) is 5.75 Å². The molecule has 1 aromatic carbocycles. The van der Waals surface area contributed by atoms with Crippen LogP contribution in [0.4, 0.5) is 5.69 Å². The molecule has 2 aromatic rings. The highest BCUT2D eigenvalue weighted by molar-refractivity contribution is 7.92. The third kappa shape index (κ3) is 3.73. The maximum atomic E-state index is 12.2. The SMILES string of the molecule is COc1ccc(CN(C)C)cc1NS(=O)(=O)c1cnc[nH]1. The molecule has 2 N–H and O–H groups in total. The van der Waals surface area contributed by atoms with Crippen LogP contribution in [-0.4, -0.2) is 44.5 Å². The molecule has 8 heteroatoms. The van der Waals surface area contributed by atoms with Crippen molar-refractivity contribution in [2.75, 3.05) is 25.9 Å². The summed E-state index contributed by atoms with van der Waals surface area (Å²) in [5, 5.41) is 0.00238. The Labute approximate surface area is 124 Å². The first-order valence-electron chi connectivity index (χ1n) is 6.25. The lowest BCUT2D eigenvalue weighted by atomic mass is 10.2. The number of anilines is 1. The summed E-state index contributed by atoms with van der Waals surface area (Å²) in [5.74, 6) is 0.459. The Morgan fingerprint density at radius 3 is 2.71 bits per heavy atom. The van der Waals surface area contributed by atoms with Gasteiger partial charge in [0.2, 0.25) is 0 Å². The molecule has 0 fully saturated rings. The van der Waals surface area contributed by atoms with Gasteiger partial charge in [0.1, 0.15) is 5.75 Å². The molecular weight excluding hydrogens is 292 g/mol. The van der Waals surface area contributed by atoms with Crippen LogP contribution in [0.1, 0.15) is 5.56 Å². The lowest BCUT2D eigenvalue weighted by Gasteiger charge is -2.14. The third-order valence-electron chi connectivity index (χ3n) is 2.77. The first kappa shape index (κ1) is 15.3. The molecule has 1 aromatic heterocycles. The number of aromatic amines is 1. The third-order valence-corrected chi connectivity index (χ3v) is 4.06. The number of nitrogens with one attached hydrogen (secondary N) is 2. The second kappa shape index (κ2) is 6.15. The van der Waals surface area contributed by atoms with Gasteiger partial charge >= 0.3 is 0 Å². The molecule has 0 aliphatic heterocycles. The van der Waals surface area contributed by atoms with Crippen molar-refractivity contribution >= 4 is 15.7 Å². The van der Waals surface area contributed by atoms with E-state index in [4.69, 9.17) is 4.74 Å². The Morgan fingerprint density at radius 1 is 1.38 bits per heavy atom. The molecule has 0 aliphatic rings. The molecule has 7 nitrogen and oxygen atoms in total. The number of imidazole rings is 1. The number of hydrogen-bond acceptors (Lipinski definition) is 5. The predicted octanol–water partition coefficient (Wildman–Crippen LogP) is 1.28. The maximum Gasteiger partial charge on any atom is 0.279 e. The van der Waals surface area contributed by atoms with Gasteiger partial charge in [-0.05, 0) is 31.8 Å². The second-order valence-electron chi connectivity index (χ2n) is 4.79. The van der Waals surface area contributed by atoms with Gasteiger partial charge in [-0.25, -0.2) is 4.98 Å². The number of H-pyrrole nitrogens is 1. The summed E-state index contributed by atoms with van der Waals surface area (Å²) in [4.78, 5) is 8.28. The number of hydrogen-bond donors (Lipinski definition) is 2. The molecule has 0 aliphatic carbocycles. The molecule has 0 saturated heterocycles. The molecule has 21 heavy (non-hydrogen) atoms. The van der Waals surface area contributed by atoms with E-state index in [9.17, 15) is 8.42 Å². The van der Waals surface area contributed by atoms with Crippen molar-refractivity contribution in [1.82, 2.24) is 14.9 Å². The van der Waals surface area contributed by atoms with E-state index in [1.54, 1.807) is 12.1 Å². The zero-order chi connectivity index (χ0) is 15.5. The molecule has 0 amide bonds. The first-order chi connectivity index (χ1) is 9.92. The minimum Gasteiger partial charge on any atom is -0.495 e. The lowest BCUT2D eigenvalue weighted by Crippen LogP contribution is -2.15. The van der Waals surface area contributed by atoms with Crippen LogP contribution in [0.3, 0.4) is 0 Å². The van der Waals surface area contributed by atoms with Crippen molar-refractivity contribution in [2.45, 2.75) is 11.6 Å². The number of rotatable bonds is 6. The number of ether oxygens (including phenoxy) is 1. The summed E-state index contributed by atoms with van der Waals surface area (Å²) in [6.45, 7) is 0.697. The quantitative estimate of drug-likeness (QED) is 0.839. The van der Waals surface area contributed by atoms with Crippen molar-refractivity contribution in [1.29, 1.82) is 0 Å². The van der Waals surface area contributed by atoms with E-state index in [2.05, 4.69) is 14.7 Å². The van der Waals surface area contributed by atoms with Crippen LogP contribution < -0.4 is 9.46 Å². The fourth-order valence-corrected chi connectivity index (χ4v) is 2.85. The average molecular weight is 310 g/mol. The summed E-state index contributed by atoms with van der Waals surface area (Å²) in [6, 6.07) is 5.39. The van der Waals surface area contributed by atoms with Crippen molar-refractivity contribution in [3.8, 4) is 5.75 Å². The Bertz CT molecular complexity index is 696. The van der Waals surface area contributed by atoms with Gasteiger partial charge in [-0.2, -0.15) is 8.42 Å². The Hall–Kier alpha value is -2.06. The van der Waals surface area contributed by atoms with E-state index in [1.807, 2.05) is 25.1 Å². The smallest absolute Gasteiger partial charge is 0.279 e. The molecule has 0 radical (unpaired) electrons. The number of methoxy groups -OCH3 is 1. The van der Waals surface area contributed by atoms with Gasteiger partial charge < -0.3 is 14.6 Å². The minimum absolute atomic E-state index is 0.00238. The summed E-state index contributed by atoms with van der Waals surface area (Å²) in [5.41, 5.74) is 1.37. The van der Waals surface area contributed by atoms with Gasteiger partial charge in [0.25, 0.3) is 10.0 Å². The number of nitrogens with zero attached hydrogens (tertiary/aromatic N) is 2. The summed E-state index contributed by atoms with van der Waals surface area (Å²) in [7, 11) is 1.67. The Morgan fingerprint density at radius 2 is 2.14 bits per heavy atom. The number of sulfonamides is 1. The maximum absolute atomic E-state index is 12.2. The number of benzene rings is 1. The summed E-state index contributed by atoms with van der Waals surface area (Å²) in [6.07, 6.45) is 2.56. The molecule has 114 valence electrons. The topological polar surface area (TPSA) is 87.3 Å². The Kier molecular flexibility index (Phi) is 4.49. The minimum atomic E-state index is -3.71. The fraction of sp³-hybridized carbons (Fsp3) is 0.308. The van der Waals surface area contributed by atoms with E-state index in [1.165, 1.54) is 19.6 Å². The zero-order valence-electron chi connectivity index (χ0n) is 12.1. The fourth-order valence-electron chi connectivity index (χ4n) is 1.89. The molecular formula is C13H18N4O3S. The lowest BCUT2D eigenvalue weighted by molar-refractivity contribution is 0.400. The van der Waals surface area contributed by atoms with Crippen LogP contribution in [0.2, 0.25) is 0 Å². The van der Waals surface area contributed by atoms with E-state index in [-0.39, 0.29) is 5.03 Å². The van der Waals surface area contributed by atoms with Gasteiger partial charge in [0.15, 0.2) is 5.03 Å². The first-order valence-corrected chi connectivity index (χ1v) is 7.73. The van der Waals surface area contributed by atoms with Crippen molar-refractivity contribution < 1.29 is 13.2 Å².